The number of hydrogen-bond donors (Lipinski definition) is 2. The third kappa shape index (κ3) is 2.19. The SMILES string of the molecule is CC(C)NC1(CO)CCC(C)(C)c2ccccc21. The van der Waals surface area contributed by atoms with Crippen molar-refractivity contribution in [3.8, 4) is 0 Å². The number of rotatable bonds is 3. The summed E-state index contributed by atoms with van der Waals surface area (Å²) in [6, 6.07) is 8.92. The molecule has 0 aromatic heterocycles. The monoisotopic (exact) mass is 247 g/mol. The molecule has 0 bridgehead atoms. The van der Waals surface area contributed by atoms with Crippen LogP contribution in [-0.4, -0.2) is 17.8 Å². The maximum Gasteiger partial charge on any atom is 0.0674 e. The molecule has 1 atom stereocenters. The Hall–Kier alpha value is -0.860. The van der Waals surface area contributed by atoms with Gasteiger partial charge in [-0.3, -0.25) is 0 Å². The highest BCUT2D eigenvalue weighted by Gasteiger charge is 2.42. The Balaban J connectivity index is 2.52. The molecular formula is C16H25NO. The van der Waals surface area contributed by atoms with Crippen molar-refractivity contribution in [2.75, 3.05) is 6.61 Å². The van der Waals surface area contributed by atoms with Gasteiger partial charge in [-0.25, -0.2) is 0 Å². The molecule has 2 N–H and O–H groups in total. The summed E-state index contributed by atoms with van der Waals surface area (Å²) in [4.78, 5) is 0. The lowest BCUT2D eigenvalue weighted by atomic mass is 9.65. The third-order valence-electron chi connectivity index (χ3n) is 4.18. The second-order valence-electron chi connectivity index (χ2n) is 6.47. The Bertz CT molecular complexity index is 425. The van der Waals surface area contributed by atoms with E-state index in [0.717, 1.165) is 12.8 Å². The van der Waals surface area contributed by atoms with E-state index in [2.05, 4.69) is 57.3 Å². The lowest BCUT2D eigenvalue weighted by molar-refractivity contribution is 0.120. The second-order valence-corrected chi connectivity index (χ2v) is 6.47. The van der Waals surface area contributed by atoms with Crippen LogP contribution in [0.3, 0.4) is 0 Å². The van der Waals surface area contributed by atoms with Crippen LogP contribution >= 0.6 is 0 Å². The van der Waals surface area contributed by atoms with Crippen molar-refractivity contribution < 1.29 is 5.11 Å². The molecule has 0 heterocycles. The molecule has 2 rings (SSSR count). The van der Waals surface area contributed by atoms with Crippen LogP contribution in [0.2, 0.25) is 0 Å². The van der Waals surface area contributed by atoms with Crippen molar-refractivity contribution in [1.29, 1.82) is 0 Å². The highest BCUT2D eigenvalue weighted by atomic mass is 16.3. The zero-order valence-electron chi connectivity index (χ0n) is 12.0. The fraction of sp³-hybridized carbons (Fsp3) is 0.625. The van der Waals surface area contributed by atoms with Gasteiger partial charge in [0, 0.05) is 6.04 Å². The Morgan fingerprint density at radius 3 is 2.33 bits per heavy atom. The predicted molar refractivity (Wildman–Crippen MR) is 75.7 cm³/mol. The highest BCUT2D eigenvalue weighted by Crippen LogP contribution is 2.44. The molecule has 1 unspecified atom stereocenters. The molecule has 0 spiro atoms. The van der Waals surface area contributed by atoms with Crippen LogP contribution in [-0.2, 0) is 11.0 Å². The van der Waals surface area contributed by atoms with Gasteiger partial charge in [0.25, 0.3) is 0 Å². The van der Waals surface area contributed by atoms with Gasteiger partial charge in [0.05, 0.1) is 12.1 Å². The van der Waals surface area contributed by atoms with Gasteiger partial charge < -0.3 is 10.4 Å². The summed E-state index contributed by atoms with van der Waals surface area (Å²) < 4.78 is 0. The molecule has 0 aliphatic heterocycles. The molecular weight excluding hydrogens is 222 g/mol. The van der Waals surface area contributed by atoms with Gasteiger partial charge in [-0.2, -0.15) is 0 Å². The van der Waals surface area contributed by atoms with Crippen LogP contribution in [0.5, 0.6) is 0 Å². The van der Waals surface area contributed by atoms with E-state index in [9.17, 15) is 5.11 Å². The molecule has 0 radical (unpaired) electrons. The molecule has 2 heteroatoms. The van der Waals surface area contributed by atoms with Gasteiger partial charge in [0.2, 0.25) is 0 Å². The average molecular weight is 247 g/mol. The van der Waals surface area contributed by atoms with Crippen LogP contribution in [0.1, 0.15) is 51.7 Å². The first-order valence-electron chi connectivity index (χ1n) is 6.90. The Morgan fingerprint density at radius 2 is 1.78 bits per heavy atom. The van der Waals surface area contributed by atoms with E-state index in [1.807, 2.05) is 0 Å². The van der Waals surface area contributed by atoms with Crippen molar-refractivity contribution in [1.82, 2.24) is 5.32 Å². The summed E-state index contributed by atoms with van der Waals surface area (Å²) in [6.07, 6.45) is 2.09. The maximum atomic E-state index is 9.94. The number of hydrogen-bond acceptors (Lipinski definition) is 2. The van der Waals surface area contributed by atoms with Crippen molar-refractivity contribution in [2.45, 2.75) is 57.5 Å². The molecule has 2 nitrogen and oxygen atoms in total. The summed E-state index contributed by atoms with van der Waals surface area (Å²) in [5, 5.41) is 13.5. The van der Waals surface area contributed by atoms with E-state index >= 15 is 0 Å². The Kier molecular flexibility index (Phi) is 3.52. The molecule has 0 saturated carbocycles. The lowest BCUT2D eigenvalue weighted by Crippen LogP contribution is -2.53. The zero-order chi connectivity index (χ0) is 13.4. The van der Waals surface area contributed by atoms with E-state index in [0.29, 0.717) is 6.04 Å². The fourth-order valence-electron chi connectivity index (χ4n) is 3.20. The summed E-state index contributed by atoms with van der Waals surface area (Å²) in [5.74, 6) is 0. The summed E-state index contributed by atoms with van der Waals surface area (Å²) in [7, 11) is 0. The Morgan fingerprint density at radius 1 is 1.17 bits per heavy atom. The van der Waals surface area contributed by atoms with Crippen molar-refractivity contribution >= 4 is 0 Å². The third-order valence-corrected chi connectivity index (χ3v) is 4.18. The summed E-state index contributed by atoms with van der Waals surface area (Å²) in [6.45, 7) is 9.03. The first kappa shape index (κ1) is 13.6. The number of nitrogens with one attached hydrogen (secondary N) is 1. The minimum Gasteiger partial charge on any atom is -0.394 e. The molecule has 0 saturated heterocycles. The number of fused-ring (bicyclic) bond motifs is 1. The second kappa shape index (κ2) is 4.67. The number of benzene rings is 1. The molecule has 100 valence electrons. The van der Waals surface area contributed by atoms with Gasteiger partial charge in [0.1, 0.15) is 0 Å². The van der Waals surface area contributed by atoms with E-state index in [1.165, 1.54) is 11.1 Å². The van der Waals surface area contributed by atoms with Crippen molar-refractivity contribution in [2.24, 2.45) is 0 Å². The normalized spacial score (nSPS) is 26.1. The molecule has 0 fully saturated rings. The molecule has 18 heavy (non-hydrogen) atoms. The largest absolute Gasteiger partial charge is 0.394 e. The number of aliphatic hydroxyl groups is 1. The minimum atomic E-state index is -0.264. The zero-order valence-corrected chi connectivity index (χ0v) is 12.0. The van der Waals surface area contributed by atoms with Gasteiger partial charge in [0.15, 0.2) is 0 Å². The van der Waals surface area contributed by atoms with E-state index in [4.69, 9.17) is 0 Å². The summed E-state index contributed by atoms with van der Waals surface area (Å²) >= 11 is 0. The van der Waals surface area contributed by atoms with Crippen LogP contribution in [0.4, 0.5) is 0 Å². The molecule has 1 aliphatic carbocycles. The predicted octanol–water partition coefficient (Wildman–Crippen LogP) is 2.94. The maximum absolute atomic E-state index is 9.94. The van der Waals surface area contributed by atoms with Gasteiger partial charge in [-0.05, 0) is 43.2 Å². The van der Waals surface area contributed by atoms with E-state index in [1.54, 1.807) is 0 Å². The minimum absolute atomic E-state index is 0.165. The quantitative estimate of drug-likeness (QED) is 0.860. The van der Waals surface area contributed by atoms with Crippen LogP contribution < -0.4 is 5.32 Å². The van der Waals surface area contributed by atoms with Gasteiger partial charge in [-0.1, -0.05) is 38.1 Å². The van der Waals surface area contributed by atoms with E-state index in [-0.39, 0.29) is 17.6 Å². The van der Waals surface area contributed by atoms with Crippen LogP contribution in [0, 0.1) is 0 Å². The molecule has 0 amide bonds. The first-order chi connectivity index (χ1) is 8.41. The smallest absolute Gasteiger partial charge is 0.0674 e. The van der Waals surface area contributed by atoms with Crippen LogP contribution in [0.15, 0.2) is 24.3 Å². The highest BCUT2D eigenvalue weighted by molar-refractivity contribution is 5.41. The summed E-state index contributed by atoms with van der Waals surface area (Å²) in [5.41, 5.74) is 2.59. The molecule has 1 aromatic carbocycles. The Labute approximate surface area is 110 Å². The van der Waals surface area contributed by atoms with Crippen molar-refractivity contribution in [3.05, 3.63) is 35.4 Å². The molecule has 1 aliphatic rings. The van der Waals surface area contributed by atoms with Gasteiger partial charge in [-0.15, -0.1) is 0 Å². The lowest BCUT2D eigenvalue weighted by Gasteiger charge is -2.46. The van der Waals surface area contributed by atoms with Crippen molar-refractivity contribution in [3.63, 3.8) is 0 Å². The average Bonchev–Trinajstić information content (AvgIpc) is 2.33. The van der Waals surface area contributed by atoms with E-state index < -0.39 is 0 Å². The molecule has 1 aromatic rings. The van der Waals surface area contributed by atoms with Gasteiger partial charge >= 0.3 is 0 Å². The topological polar surface area (TPSA) is 32.3 Å². The number of aliphatic hydroxyl groups excluding tert-OH is 1. The van der Waals surface area contributed by atoms with Crippen LogP contribution in [0.25, 0.3) is 0 Å². The standard InChI is InChI=1S/C16H25NO/c1-12(2)17-16(11-18)10-9-15(3,4)13-7-5-6-8-14(13)16/h5-8,12,17-18H,9-11H2,1-4H3. The fourth-order valence-corrected chi connectivity index (χ4v) is 3.20. The first-order valence-corrected chi connectivity index (χ1v) is 6.90.